The van der Waals surface area contributed by atoms with E-state index in [1.54, 1.807) is 36.7 Å². The summed E-state index contributed by atoms with van der Waals surface area (Å²) in [5.41, 5.74) is 1.35. The van der Waals surface area contributed by atoms with Crippen molar-refractivity contribution < 1.29 is 24.2 Å². The first kappa shape index (κ1) is 23.0. The van der Waals surface area contributed by atoms with E-state index < -0.39 is 5.97 Å². The van der Waals surface area contributed by atoms with Gasteiger partial charge in [-0.2, -0.15) is 0 Å². The SMILES string of the molecule is O=C(NCCNC(=O)C1Cc2nccnc2S1)c1ccc(O[C@H]2CC[C@@H](C(=O)O)CC2)cc1. The van der Waals surface area contributed by atoms with Crippen LogP contribution in [0.3, 0.4) is 0 Å². The van der Waals surface area contributed by atoms with Crippen LogP contribution < -0.4 is 15.4 Å². The van der Waals surface area contributed by atoms with Gasteiger partial charge in [0.05, 0.1) is 23.0 Å². The Hall–Kier alpha value is -3.14. The van der Waals surface area contributed by atoms with E-state index in [1.165, 1.54) is 11.8 Å². The number of benzene rings is 1. The summed E-state index contributed by atoms with van der Waals surface area (Å²) in [6.45, 7) is 0.648. The normalized spacial score (nSPS) is 21.6. The van der Waals surface area contributed by atoms with E-state index >= 15 is 0 Å². The number of aliphatic carboxylic acids is 1. The third-order valence-corrected chi connectivity index (χ3v) is 7.04. The Morgan fingerprint density at radius 3 is 2.39 bits per heavy atom. The molecule has 2 amide bonds. The third kappa shape index (κ3) is 6.01. The van der Waals surface area contributed by atoms with Gasteiger partial charge >= 0.3 is 5.97 Å². The van der Waals surface area contributed by atoms with Gasteiger partial charge in [0.2, 0.25) is 5.91 Å². The number of carboxylic acid groups (broad SMARTS) is 1. The Labute approximate surface area is 195 Å². The molecule has 1 aliphatic heterocycles. The first-order chi connectivity index (χ1) is 16.0. The van der Waals surface area contributed by atoms with Crippen molar-refractivity contribution in [3.63, 3.8) is 0 Å². The van der Waals surface area contributed by atoms with Crippen LogP contribution in [0.25, 0.3) is 0 Å². The molecule has 0 radical (unpaired) electrons. The van der Waals surface area contributed by atoms with E-state index in [1.807, 2.05) is 0 Å². The second-order valence-corrected chi connectivity index (χ2v) is 9.31. The monoisotopic (exact) mass is 470 g/mol. The lowest BCUT2D eigenvalue weighted by Crippen LogP contribution is -2.38. The average Bonchev–Trinajstić information content (AvgIpc) is 3.27. The summed E-state index contributed by atoms with van der Waals surface area (Å²) in [7, 11) is 0. The molecule has 0 spiro atoms. The van der Waals surface area contributed by atoms with Gasteiger partial charge in [-0.3, -0.25) is 19.4 Å². The number of rotatable bonds is 8. The number of hydrogen-bond donors (Lipinski definition) is 3. The van der Waals surface area contributed by atoms with Crippen LogP contribution in [0.1, 0.15) is 41.7 Å². The van der Waals surface area contributed by atoms with Gasteiger partial charge in [0.25, 0.3) is 5.91 Å². The largest absolute Gasteiger partial charge is 0.490 e. The number of carbonyl (C=O) groups is 3. The fourth-order valence-electron chi connectivity index (χ4n) is 3.97. The average molecular weight is 471 g/mol. The molecule has 33 heavy (non-hydrogen) atoms. The summed E-state index contributed by atoms with van der Waals surface area (Å²) in [4.78, 5) is 44.2. The Bertz CT molecular complexity index is 983. The number of nitrogens with one attached hydrogen (secondary N) is 2. The number of amides is 2. The smallest absolute Gasteiger partial charge is 0.306 e. The minimum Gasteiger partial charge on any atom is -0.490 e. The molecule has 174 valence electrons. The zero-order chi connectivity index (χ0) is 23.2. The molecule has 2 aromatic rings. The maximum absolute atomic E-state index is 12.4. The molecule has 1 aliphatic carbocycles. The lowest BCUT2D eigenvalue weighted by atomic mass is 9.87. The first-order valence-electron chi connectivity index (χ1n) is 11.0. The number of aromatic nitrogens is 2. The minimum absolute atomic E-state index is 0.00118. The Balaban J connectivity index is 1.15. The van der Waals surface area contributed by atoms with Crippen LogP contribution in [0.15, 0.2) is 41.7 Å². The summed E-state index contributed by atoms with van der Waals surface area (Å²) < 4.78 is 5.93. The Morgan fingerprint density at radius 1 is 1.00 bits per heavy atom. The fourth-order valence-corrected chi connectivity index (χ4v) is 5.07. The molecule has 4 rings (SSSR count). The molecule has 1 fully saturated rings. The number of carbonyl (C=O) groups excluding carboxylic acids is 2. The van der Waals surface area contributed by atoms with Crippen molar-refractivity contribution in [3.05, 3.63) is 47.9 Å². The molecule has 9 nitrogen and oxygen atoms in total. The number of ether oxygens (including phenoxy) is 1. The van der Waals surface area contributed by atoms with Crippen molar-refractivity contribution >= 4 is 29.5 Å². The Morgan fingerprint density at radius 2 is 1.70 bits per heavy atom. The van der Waals surface area contributed by atoms with E-state index in [9.17, 15) is 14.4 Å². The zero-order valence-corrected chi connectivity index (χ0v) is 18.8. The molecule has 10 heteroatoms. The summed E-state index contributed by atoms with van der Waals surface area (Å²) in [6.07, 6.45) is 6.47. The lowest BCUT2D eigenvalue weighted by Gasteiger charge is -2.26. The predicted octanol–water partition coefficient (Wildman–Crippen LogP) is 2.06. The molecule has 1 aromatic heterocycles. The highest BCUT2D eigenvalue weighted by molar-refractivity contribution is 8.00. The van der Waals surface area contributed by atoms with Crippen molar-refractivity contribution in [2.75, 3.05) is 13.1 Å². The quantitative estimate of drug-likeness (QED) is 0.500. The van der Waals surface area contributed by atoms with Crippen molar-refractivity contribution in [1.29, 1.82) is 0 Å². The molecule has 1 saturated carbocycles. The maximum Gasteiger partial charge on any atom is 0.306 e. The third-order valence-electron chi connectivity index (χ3n) is 5.81. The van der Waals surface area contributed by atoms with Crippen LogP contribution in [-0.2, 0) is 16.0 Å². The molecule has 2 aliphatic rings. The van der Waals surface area contributed by atoms with Crippen LogP contribution in [0.5, 0.6) is 5.75 Å². The number of thioether (sulfide) groups is 1. The maximum atomic E-state index is 12.4. The fraction of sp³-hybridized carbons (Fsp3) is 0.435. The van der Waals surface area contributed by atoms with Crippen molar-refractivity contribution in [2.45, 2.75) is 48.5 Å². The number of hydrogen-bond acceptors (Lipinski definition) is 7. The molecule has 1 atom stereocenters. The van der Waals surface area contributed by atoms with Crippen LogP contribution in [0.4, 0.5) is 0 Å². The van der Waals surface area contributed by atoms with Gasteiger partial charge in [-0.05, 0) is 49.9 Å². The highest BCUT2D eigenvalue weighted by Gasteiger charge is 2.30. The van der Waals surface area contributed by atoms with Crippen molar-refractivity contribution in [3.8, 4) is 5.75 Å². The molecule has 2 heterocycles. The van der Waals surface area contributed by atoms with Gasteiger partial charge in [-0.1, -0.05) is 11.8 Å². The highest BCUT2D eigenvalue weighted by atomic mass is 32.2. The van der Waals surface area contributed by atoms with E-state index in [4.69, 9.17) is 9.84 Å². The lowest BCUT2D eigenvalue weighted by molar-refractivity contribution is -0.143. The molecule has 0 bridgehead atoms. The van der Waals surface area contributed by atoms with Crippen LogP contribution in [-0.4, -0.2) is 57.3 Å². The summed E-state index contributed by atoms with van der Waals surface area (Å²) in [6, 6.07) is 6.88. The minimum atomic E-state index is -0.735. The summed E-state index contributed by atoms with van der Waals surface area (Å²) in [5.74, 6) is -0.665. The standard InChI is InChI=1S/C23H26N4O5S/c28-20(25-10-11-26-21(29)19-13-18-22(33-19)27-12-9-24-18)14-1-5-16(6-2-14)32-17-7-3-15(4-8-17)23(30)31/h1-2,5-6,9,12,15,17,19H,3-4,7-8,10-11,13H2,(H,25,28)(H,26,29)(H,30,31)/t15-,17+,19?. The van der Waals surface area contributed by atoms with Gasteiger partial charge < -0.3 is 20.5 Å². The van der Waals surface area contributed by atoms with E-state index in [0.717, 1.165) is 10.7 Å². The van der Waals surface area contributed by atoms with Crippen LogP contribution in [0.2, 0.25) is 0 Å². The molecular weight excluding hydrogens is 444 g/mol. The van der Waals surface area contributed by atoms with Crippen molar-refractivity contribution in [1.82, 2.24) is 20.6 Å². The van der Waals surface area contributed by atoms with Gasteiger partial charge in [-0.25, -0.2) is 4.98 Å². The number of carboxylic acids is 1. The molecular formula is C23H26N4O5S. The number of nitrogens with zero attached hydrogens (tertiary/aromatic N) is 2. The summed E-state index contributed by atoms with van der Waals surface area (Å²) in [5, 5.41) is 15.3. The predicted molar refractivity (Wildman–Crippen MR) is 121 cm³/mol. The highest BCUT2D eigenvalue weighted by Crippen LogP contribution is 2.33. The zero-order valence-electron chi connectivity index (χ0n) is 18.0. The topological polar surface area (TPSA) is 131 Å². The Kier molecular flexibility index (Phi) is 7.43. The second kappa shape index (κ2) is 10.7. The van der Waals surface area contributed by atoms with Gasteiger partial charge in [0, 0.05) is 37.5 Å². The van der Waals surface area contributed by atoms with Crippen LogP contribution in [0, 0.1) is 5.92 Å². The first-order valence-corrected chi connectivity index (χ1v) is 11.9. The van der Waals surface area contributed by atoms with E-state index in [0.29, 0.717) is 56.5 Å². The van der Waals surface area contributed by atoms with Crippen LogP contribution >= 0.6 is 11.8 Å². The molecule has 1 aromatic carbocycles. The van der Waals surface area contributed by atoms with E-state index in [2.05, 4.69) is 20.6 Å². The second-order valence-electron chi connectivity index (χ2n) is 8.12. The van der Waals surface area contributed by atoms with E-state index in [-0.39, 0.29) is 29.1 Å². The molecule has 1 unspecified atom stereocenters. The summed E-state index contributed by atoms with van der Waals surface area (Å²) >= 11 is 1.41. The van der Waals surface area contributed by atoms with Gasteiger partial charge in [0.15, 0.2) is 0 Å². The van der Waals surface area contributed by atoms with Gasteiger partial charge in [-0.15, -0.1) is 0 Å². The van der Waals surface area contributed by atoms with Gasteiger partial charge in [0.1, 0.15) is 10.8 Å². The molecule has 0 saturated heterocycles. The number of fused-ring (bicyclic) bond motifs is 1. The van der Waals surface area contributed by atoms with Crippen molar-refractivity contribution in [2.24, 2.45) is 5.92 Å². The molecule has 3 N–H and O–H groups in total.